The van der Waals surface area contributed by atoms with E-state index in [1.54, 1.807) is 10.9 Å². The van der Waals surface area contributed by atoms with Gasteiger partial charge >= 0.3 is 0 Å². The zero-order chi connectivity index (χ0) is 20.0. The Balaban J connectivity index is 1.37. The molecule has 5 rings (SSSR count). The Hall–Kier alpha value is -3.42. The molecule has 148 valence electrons. The summed E-state index contributed by atoms with van der Waals surface area (Å²) in [6.45, 7) is 7.43. The third-order valence-corrected chi connectivity index (χ3v) is 5.55. The molecule has 0 saturated carbocycles. The van der Waals surface area contributed by atoms with Gasteiger partial charge in [0.25, 0.3) is 5.56 Å². The minimum atomic E-state index is 0.0139. The van der Waals surface area contributed by atoms with E-state index >= 15 is 0 Å². The summed E-state index contributed by atoms with van der Waals surface area (Å²) in [4.78, 5) is 21.7. The Morgan fingerprint density at radius 2 is 1.76 bits per heavy atom. The number of fused-ring (bicyclic) bond motifs is 2. The van der Waals surface area contributed by atoms with Gasteiger partial charge in [-0.25, -0.2) is 4.98 Å². The maximum atomic E-state index is 12.6. The van der Waals surface area contributed by atoms with Gasteiger partial charge in [0.1, 0.15) is 0 Å². The quantitative estimate of drug-likeness (QED) is 0.536. The van der Waals surface area contributed by atoms with E-state index < -0.39 is 0 Å². The number of benzene rings is 1. The van der Waals surface area contributed by atoms with Crippen LogP contribution in [0, 0.1) is 0 Å². The second-order valence-corrected chi connectivity index (χ2v) is 7.66. The van der Waals surface area contributed by atoms with Crippen LogP contribution in [-0.2, 0) is 0 Å². The topological polar surface area (TPSA) is 71.6 Å². The molecule has 8 nitrogen and oxygen atoms in total. The summed E-state index contributed by atoms with van der Waals surface area (Å²) >= 11 is 0. The van der Waals surface area contributed by atoms with Crippen LogP contribution in [0.2, 0.25) is 0 Å². The SMILES string of the molecule is CC(C)n1cnc2cc(N3CCN(c4nnc5ccccn45)CC3)ccc2c1=O. The average molecular weight is 389 g/mol. The number of aromatic nitrogens is 5. The van der Waals surface area contributed by atoms with Crippen LogP contribution in [0.4, 0.5) is 11.6 Å². The third-order valence-electron chi connectivity index (χ3n) is 5.55. The lowest BCUT2D eigenvalue weighted by atomic mass is 10.2. The Bertz CT molecular complexity index is 1230. The second-order valence-electron chi connectivity index (χ2n) is 7.66. The van der Waals surface area contributed by atoms with E-state index in [4.69, 9.17) is 0 Å². The zero-order valence-corrected chi connectivity index (χ0v) is 16.6. The monoisotopic (exact) mass is 389 g/mol. The minimum Gasteiger partial charge on any atom is -0.368 e. The van der Waals surface area contributed by atoms with Crippen molar-refractivity contribution in [1.82, 2.24) is 24.1 Å². The van der Waals surface area contributed by atoms with Crippen molar-refractivity contribution in [2.45, 2.75) is 19.9 Å². The molecule has 0 spiro atoms. The molecule has 4 aromatic rings. The molecule has 8 heteroatoms. The molecule has 29 heavy (non-hydrogen) atoms. The molecule has 4 heterocycles. The first-order chi connectivity index (χ1) is 14.1. The van der Waals surface area contributed by atoms with E-state index in [0.717, 1.165) is 49.0 Å². The van der Waals surface area contributed by atoms with E-state index in [0.29, 0.717) is 5.39 Å². The van der Waals surface area contributed by atoms with Gasteiger partial charge in [0.15, 0.2) is 5.65 Å². The van der Waals surface area contributed by atoms with Gasteiger partial charge in [-0.15, -0.1) is 10.2 Å². The lowest BCUT2D eigenvalue weighted by Crippen LogP contribution is -2.47. The molecule has 1 aliphatic heterocycles. The molecule has 1 fully saturated rings. The van der Waals surface area contributed by atoms with Crippen LogP contribution >= 0.6 is 0 Å². The molecular weight excluding hydrogens is 366 g/mol. The summed E-state index contributed by atoms with van der Waals surface area (Å²) in [6, 6.07) is 12.0. The van der Waals surface area contributed by atoms with Crippen molar-refractivity contribution in [1.29, 1.82) is 0 Å². The summed E-state index contributed by atoms with van der Waals surface area (Å²) in [7, 11) is 0. The number of anilines is 2. The average Bonchev–Trinajstić information content (AvgIpc) is 3.18. The number of piperazine rings is 1. The molecule has 0 atom stereocenters. The first-order valence-corrected chi connectivity index (χ1v) is 9.92. The summed E-state index contributed by atoms with van der Waals surface area (Å²) < 4.78 is 3.69. The molecule has 0 N–H and O–H groups in total. The van der Waals surface area contributed by atoms with E-state index in [-0.39, 0.29) is 11.6 Å². The maximum absolute atomic E-state index is 12.6. The van der Waals surface area contributed by atoms with E-state index in [9.17, 15) is 4.79 Å². The number of nitrogens with zero attached hydrogens (tertiary/aromatic N) is 7. The molecular formula is C21H23N7O. The maximum Gasteiger partial charge on any atom is 0.261 e. The number of pyridine rings is 1. The highest BCUT2D eigenvalue weighted by molar-refractivity contribution is 5.81. The normalized spacial score (nSPS) is 15.0. The van der Waals surface area contributed by atoms with Crippen LogP contribution in [0.5, 0.6) is 0 Å². The van der Waals surface area contributed by atoms with Crippen molar-refractivity contribution < 1.29 is 0 Å². The van der Waals surface area contributed by atoms with Crippen molar-refractivity contribution in [2.75, 3.05) is 36.0 Å². The predicted molar refractivity (Wildman–Crippen MR) is 114 cm³/mol. The number of hydrogen-bond acceptors (Lipinski definition) is 6. The highest BCUT2D eigenvalue weighted by atomic mass is 16.1. The highest BCUT2D eigenvalue weighted by Crippen LogP contribution is 2.22. The van der Waals surface area contributed by atoms with Gasteiger partial charge < -0.3 is 9.80 Å². The van der Waals surface area contributed by atoms with Crippen molar-refractivity contribution >= 4 is 28.2 Å². The van der Waals surface area contributed by atoms with Gasteiger partial charge in [-0.1, -0.05) is 6.07 Å². The smallest absolute Gasteiger partial charge is 0.261 e. The highest BCUT2D eigenvalue weighted by Gasteiger charge is 2.21. The first-order valence-electron chi connectivity index (χ1n) is 9.92. The van der Waals surface area contributed by atoms with Gasteiger partial charge in [0.05, 0.1) is 17.2 Å². The van der Waals surface area contributed by atoms with Crippen LogP contribution in [0.15, 0.2) is 53.7 Å². The number of hydrogen-bond donors (Lipinski definition) is 0. The lowest BCUT2D eigenvalue weighted by molar-refractivity contribution is 0.573. The fourth-order valence-electron chi connectivity index (χ4n) is 3.90. The molecule has 3 aromatic heterocycles. The summed E-state index contributed by atoms with van der Waals surface area (Å²) in [5.74, 6) is 0.884. The van der Waals surface area contributed by atoms with Gasteiger partial charge in [-0.3, -0.25) is 13.8 Å². The molecule has 0 bridgehead atoms. The van der Waals surface area contributed by atoms with Crippen LogP contribution in [0.1, 0.15) is 19.9 Å². The van der Waals surface area contributed by atoms with Crippen molar-refractivity contribution in [3.05, 3.63) is 59.3 Å². The standard InChI is InChI=1S/C21H23N7O/c1-15(2)28-14-22-18-13-16(6-7-17(18)20(28)29)25-9-11-26(12-10-25)21-24-23-19-5-3-4-8-27(19)21/h3-8,13-15H,9-12H2,1-2H3. The van der Waals surface area contributed by atoms with Gasteiger partial charge in [-0.2, -0.15) is 0 Å². The Kier molecular flexibility index (Phi) is 4.19. The third kappa shape index (κ3) is 3.00. The van der Waals surface area contributed by atoms with Gasteiger partial charge in [0, 0.05) is 44.1 Å². The Labute approximate surface area is 168 Å². The van der Waals surface area contributed by atoms with Gasteiger partial charge in [0.2, 0.25) is 5.95 Å². The molecule has 1 aliphatic rings. The first kappa shape index (κ1) is 17.7. The van der Waals surface area contributed by atoms with Crippen LogP contribution in [-0.4, -0.2) is 50.3 Å². The van der Waals surface area contributed by atoms with Gasteiger partial charge in [-0.05, 0) is 44.2 Å². The summed E-state index contributed by atoms with van der Waals surface area (Å²) in [6.07, 6.45) is 3.64. The lowest BCUT2D eigenvalue weighted by Gasteiger charge is -2.36. The van der Waals surface area contributed by atoms with Crippen molar-refractivity contribution in [3.63, 3.8) is 0 Å². The van der Waals surface area contributed by atoms with Crippen LogP contribution in [0.25, 0.3) is 16.6 Å². The Morgan fingerprint density at radius 3 is 2.55 bits per heavy atom. The van der Waals surface area contributed by atoms with E-state index in [1.807, 2.05) is 60.8 Å². The van der Waals surface area contributed by atoms with Crippen molar-refractivity contribution in [3.8, 4) is 0 Å². The van der Waals surface area contributed by atoms with E-state index in [1.165, 1.54) is 0 Å². The molecule has 0 aliphatic carbocycles. The molecule has 1 saturated heterocycles. The molecule has 1 aromatic carbocycles. The van der Waals surface area contributed by atoms with Crippen LogP contribution in [0.3, 0.4) is 0 Å². The predicted octanol–water partition coefficient (Wildman–Crippen LogP) is 2.35. The molecule has 0 radical (unpaired) electrons. The van der Waals surface area contributed by atoms with E-state index in [2.05, 4.69) is 25.0 Å². The Morgan fingerprint density at radius 1 is 0.966 bits per heavy atom. The fourth-order valence-corrected chi connectivity index (χ4v) is 3.90. The fraction of sp³-hybridized carbons (Fsp3) is 0.333. The summed E-state index contributed by atoms with van der Waals surface area (Å²) in [5, 5.41) is 9.28. The van der Waals surface area contributed by atoms with Crippen LogP contribution < -0.4 is 15.4 Å². The number of rotatable bonds is 3. The zero-order valence-electron chi connectivity index (χ0n) is 16.6. The summed E-state index contributed by atoms with van der Waals surface area (Å²) in [5.41, 5.74) is 2.71. The molecule has 0 unspecified atom stereocenters. The minimum absolute atomic E-state index is 0.0139. The second kappa shape index (κ2) is 6.88. The largest absolute Gasteiger partial charge is 0.368 e. The molecule has 0 amide bonds. The van der Waals surface area contributed by atoms with Crippen molar-refractivity contribution in [2.24, 2.45) is 0 Å².